The predicted molar refractivity (Wildman–Crippen MR) is 114 cm³/mol. The third kappa shape index (κ3) is 4.23. The standard InChI is InChI=1S/C23H23NO7/c1-13-10-18(25)22(23(29)24(13)12-20(26)27)17(11-21(28)31-3)15-8-9-19(30-2)16-7-5-4-6-14(15)16/h4-10,17,25H,11-12H2,1-3H3,(H,26,27). The Morgan fingerprint density at radius 2 is 1.77 bits per heavy atom. The maximum absolute atomic E-state index is 13.3. The van der Waals surface area contributed by atoms with E-state index in [-0.39, 0.29) is 17.7 Å². The van der Waals surface area contributed by atoms with Gasteiger partial charge in [-0.3, -0.25) is 14.4 Å². The minimum atomic E-state index is -1.19. The number of aromatic nitrogens is 1. The number of carboxylic acids is 1. The number of aliphatic carboxylic acids is 1. The summed E-state index contributed by atoms with van der Waals surface area (Å²) >= 11 is 0. The van der Waals surface area contributed by atoms with Crippen LogP contribution in [0.1, 0.15) is 29.2 Å². The SMILES string of the molecule is COC(=O)CC(c1c(O)cc(C)n(CC(=O)O)c1=O)c1ccc(OC)c2ccccc12. The highest BCUT2D eigenvalue weighted by Crippen LogP contribution is 2.38. The Labute approximate surface area is 178 Å². The number of esters is 1. The van der Waals surface area contributed by atoms with Crippen LogP contribution in [0.3, 0.4) is 0 Å². The molecule has 3 rings (SSSR count). The first-order chi connectivity index (χ1) is 14.8. The lowest BCUT2D eigenvalue weighted by atomic mass is 9.85. The number of methoxy groups -OCH3 is 2. The van der Waals surface area contributed by atoms with Crippen molar-refractivity contribution in [2.45, 2.75) is 25.8 Å². The molecular formula is C23H23NO7. The fourth-order valence-electron chi connectivity index (χ4n) is 3.82. The molecule has 0 saturated carbocycles. The summed E-state index contributed by atoms with van der Waals surface area (Å²) in [5.41, 5.74) is 0.172. The van der Waals surface area contributed by atoms with Crippen LogP contribution in [-0.2, 0) is 20.9 Å². The van der Waals surface area contributed by atoms with E-state index in [1.165, 1.54) is 20.1 Å². The largest absolute Gasteiger partial charge is 0.507 e. The number of carboxylic acid groups (broad SMARTS) is 1. The average Bonchev–Trinajstić information content (AvgIpc) is 2.74. The minimum Gasteiger partial charge on any atom is -0.507 e. The van der Waals surface area contributed by atoms with Crippen molar-refractivity contribution in [3.63, 3.8) is 0 Å². The molecule has 1 atom stereocenters. The Morgan fingerprint density at radius 3 is 2.39 bits per heavy atom. The van der Waals surface area contributed by atoms with Gasteiger partial charge in [0.2, 0.25) is 0 Å². The minimum absolute atomic E-state index is 0.0624. The molecule has 2 N–H and O–H groups in total. The first-order valence-electron chi connectivity index (χ1n) is 9.56. The van der Waals surface area contributed by atoms with Crippen molar-refractivity contribution >= 4 is 22.7 Å². The molecule has 0 aliphatic heterocycles. The van der Waals surface area contributed by atoms with Crippen molar-refractivity contribution in [2.24, 2.45) is 0 Å². The summed E-state index contributed by atoms with van der Waals surface area (Å²) in [5, 5.41) is 21.4. The molecule has 0 saturated heterocycles. The maximum atomic E-state index is 13.3. The van der Waals surface area contributed by atoms with Crippen LogP contribution in [0.5, 0.6) is 11.5 Å². The molecule has 8 heteroatoms. The molecule has 0 aliphatic rings. The first kappa shape index (κ1) is 21.9. The van der Waals surface area contributed by atoms with Gasteiger partial charge in [0.1, 0.15) is 18.0 Å². The number of benzene rings is 2. The highest BCUT2D eigenvalue weighted by atomic mass is 16.5. The third-order valence-electron chi connectivity index (χ3n) is 5.28. The van der Waals surface area contributed by atoms with Gasteiger partial charge in [-0.15, -0.1) is 0 Å². The summed E-state index contributed by atoms with van der Waals surface area (Å²) in [7, 11) is 2.78. The van der Waals surface area contributed by atoms with Crippen molar-refractivity contribution in [1.82, 2.24) is 4.57 Å². The molecular weight excluding hydrogens is 402 g/mol. The Balaban J connectivity index is 2.33. The average molecular weight is 425 g/mol. The zero-order chi connectivity index (χ0) is 22.7. The maximum Gasteiger partial charge on any atom is 0.323 e. The van der Waals surface area contributed by atoms with Gasteiger partial charge in [-0.2, -0.15) is 0 Å². The van der Waals surface area contributed by atoms with Crippen molar-refractivity contribution in [2.75, 3.05) is 14.2 Å². The summed E-state index contributed by atoms with van der Waals surface area (Å²) in [6.45, 7) is 0.970. The van der Waals surface area contributed by atoms with Crippen molar-refractivity contribution in [3.05, 3.63) is 69.6 Å². The van der Waals surface area contributed by atoms with Gasteiger partial charge >= 0.3 is 11.9 Å². The normalized spacial score (nSPS) is 11.8. The molecule has 31 heavy (non-hydrogen) atoms. The number of rotatable bonds is 7. The summed E-state index contributed by atoms with van der Waals surface area (Å²) in [4.78, 5) is 36.8. The fraction of sp³-hybridized carbons (Fsp3) is 0.261. The molecule has 0 aliphatic carbocycles. The summed E-state index contributed by atoms with van der Waals surface area (Å²) in [5.74, 6) is -2.32. The Hall–Kier alpha value is -3.81. The van der Waals surface area contributed by atoms with Crippen LogP contribution in [0.4, 0.5) is 0 Å². The fourth-order valence-corrected chi connectivity index (χ4v) is 3.82. The van der Waals surface area contributed by atoms with Crippen LogP contribution in [0.2, 0.25) is 0 Å². The molecule has 1 heterocycles. The van der Waals surface area contributed by atoms with Gasteiger partial charge in [-0.05, 0) is 30.0 Å². The van der Waals surface area contributed by atoms with E-state index in [0.717, 1.165) is 15.3 Å². The van der Waals surface area contributed by atoms with E-state index in [0.29, 0.717) is 17.0 Å². The van der Waals surface area contributed by atoms with E-state index in [9.17, 15) is 24.6 Å². The second-order valence-electron chi connectivity index (χ2n) is 7.11. The van der Waals surface area contributed by atoms with Gasteiger partial charge < -0.3 is 24.3 Å². The van der Waals surface area contributed by atoms with Gasteiger partial charge in [0.25, 0.3) is 5.56 Å². The number of aromatic hydroxyl groups is 1. The van der Waals surface area contributed by atoms with Crippen molar-refractivity contribution < 1.29 is 29.3 Å². The number of nitrogens with zero attached hydrogens (tertiary/aromatic N) is 1. The zero-order valence-electron chi connectivity index (χ0n) is 17.4. The number of carbonyl (C=O) groups excluding carboxylic acids is 1. The van der Waals surface area contributed by atoms with Crippen LogP contribution >= 0.6 is 0 Å². The molecule has 8 nitrogen and oxygen atoms in total. The number of carbonyl (C=O) groups is 2. The number of aryl methyl sites for hydroxylation is 1. The molecule has 1 aromatic heterocycles. The number of hydrogen-bond donors (Lipinski definition) is 2. The molecule has 0 spiro atoms. The summed E-state index contributed by atoms with van der Waals surface area (Å²) in [6, 6.07) is 12.1. The van der Waals surface area contributed by atoms with Crippen LogP contribution in [0, 0.1) is 6.92 Å². The highest BCUT2D eigenvalue weighted by Gasteiger charge is 2.28. The van der Waals surface area contributed by atoms with Gasteiger partial charge in [-0.25, -0.2) is 0 Å². The molecule has 2 aromatic carbocycles. The number of fused-ring (bicyclic) bond motifs is 1. The molecule has 0 fully saturated rings. The molecule has 0 radical (unpaired) electrons. The molecule has 0 bridgehead atoms. The van der Waals surface area contributed by atoms with E-state index in [4.69, 9.17) is 9.47 Å². The quantitative estimate of drug-likeness (QED) is 0.559. The van der Waals surface area contributed by atoms with E-state index in [2.05, 4.69) is 0 Å². The van der Waals surface area contributed by atoms with Crippen molar-refractivity contribution in [1.29, 1.82) is 0 Å². The van der Waals surface area contributed by atoms with Crippen LogP contribution < -0.4 is 10.3 Å². The lowest BCUT2D eigenvalue weighted by molar-refractivity contribution is -0.141. The Morgan fingerprint density at radius 1 is 1.10 bits per heavy atom. The van der Waals surface area contributed by atoms with E-state index in [1.54, 1.807) is 19.2 Å². The Kier molecular flexibility index (Phi) is 6.29. The Bertz CT molecular complexity index is 1210. The highest BCUT2D eigenvalue weighted by molar-refractivity contribution is 5.92. The predicted octanol–water partition coefficient (Wildman–Crippen LogP) is 2.80. The summed E-state index contributed by atoms with van der Waals surface area (Å²) in [6.07, 6.45) is -0.217. The lowest BCUT2D eigenvalue weighted by Gasteiger charge is -2.22. The molecule has 162 valence electrons. The van der Waals surface area contributed by atoms with E-state index < -0.39 is 30.0 Å². The van der Waals surface area contributed by atoms with Crippen LogP contribution in [-0.4, -0.2) is 40.9 Å². The number of hydrogen-bond acceptors (Lipinski definition) is 6. The monoisotopic (exact) mass is 425 g/mol. The van der Waals surface area contributed by atoms with Crippen LogP contribution in [0.15, 0.2) is 47.3 Å². The molecule has 3 aromatic rings. The van der Waals surface area contributed by atoms with Gasteiger partial charge in [0.15, 0.2) is 0 Å². The third-order valence-corrected chi connectivity index (χ3v) is 5.28. The van der Waals surface area contributed by atoms with Gasteiger partial charge in [-0.1, -0.05) is 30.3 Å². The first-order valence-corrected chi connectivity index (χ1v) is 9.56. The van der Waals surface area contributed by atoms with Crippen molar-refractivity contribution in [3.8, 4) is 11.5 Å². The second-order valence-corrected chi connectivity index (χ2v) is 7.11. The summed E-state index contributed by atoms with van der Waals surface area (Å²) < 4.78 is 11.3. The van der Waals surface area contributed by atoms with Crippen LogP contribution in [0.25, 0.3) is 10.8 Å². The number of pyridine rings is 1. The smallest absolute Gasteiger partial charge is 0.323 e. The lowest BCUT2D eigenvalue weighted by Crippen LogP contribution is -2.31. The van der Waals surface area contributed by atoms with E-state index in [1.807, 2.05) is 24.3 Å². The van der Waals surface area contributed by atoms with Gasteiger partial charge in [0.05, 0.1) is 26.2 Å². The zero-order valence-corrected chi connectivity index (χ0v) is 17.4. The second kappa shape index (κ2) is 8.91. The topological polar surface area (TPSA) is 115 Å². The van der Waals surface area contributed by atoms with E-state index >= 15 is 0 Å². The number of ether oxygens (including phenoxy) is 2. The molecule has 0 amide bonds. The molecule has 1 unspecified atom stereocenters. The van der Waals surface area contributed by atoms with Gasteiger partial charge in [0, 0.05) is 17.0 Å².